The maximum Gasteiger partial charge on any atom is 3.00 e. The van der Waals surface area contributed by atoms with Crippen molar-refractivity contribution in [2.75, 3.05) is 0 Å². The molecule has 0 spiro atoms. The average molecular weight is 248 g/mol. The normalized spacial score (nSPS) is 0.800. The van der Waals surface area contributed by atoms with Gasteiger partial charge in [-0.05, 0) is 0 Å². The van der Waals surface area contributed by atoms with Crippen molar-refractivity contribution >= 4 is 0 Å². The molecule has 0 aliphatic rings. The van der Waals surface area contributed by atoms with Crippen molar-refractivity contribution < 1.29 is 29.4 Å². The van der Waals surface area contributed by atoms with Crippen molar-refractivity contribution in [3.05, 3.63) is 13.3 Å². The first-order chi connectivity index (χ1) is 2.00. The third kappa shape index (κ3) is 1120. The summed E-state index contributed by atoms with van der Waals surface area (Å²) in [6.45, 7) is 9.00. The minimum atomic E-state index is 0. The quantitative estimate of drug-likeness (QED) is 0.425. The monoisotopic (exact) mass is 249 g/mol. The van der Waals surface area contributed by atoms with Gasteiger partial charge < -0.3 is 0 Å². The fraction of sp³-hybridized carbons (Fsp3) is 0. The molecule has 0 fully saturated rings. The molecule has 0 saturated carbocycles. The topological polar surface area (TPSA) is 39.8 Å². The van der Waals surface area contributed by atoms with Crippen LogP contribution < -0.4 is 0 Å². The fourth-order valence-electron chi connectivity index (χ4n) is 0. The molecule has 0 aromatic heterocycles. The van der Waals surface area contributed by atoms with Gasteiger partial charge in [0.05, 0.1) is 0 Å². The van der Waals surface area contributed by atoms with Crippen molar-refractivity contribution in [2.24, 2.45) is 0 Å². The van der Waals surface area contributed by atoms with E-state index in [1.54, 1.807) is 0 Å². The van der Waals surface area contributed by atoms with Gasteiger partial charge in [0.2, 0.25) is 0 Å². The Kier molecular flexibility index (Phi) is 9320. The van der Waals surface area contributed by atoms with E-state index >= 15 is 0 Å². The molecule has 0 bridgehead atoms. The molecule has 0 aliphatic heterocycles. The summed E-state index contributed by atoms with van der Waals surface area (Å²) in [6.07, 6.45) is 0. The Balaban J connectivity index is -0.0000000133. The molecule has 5 heavy (non-hydrogen) atoms. The molecule has 0 aromatic rings. The Morgan fingerprint density at radius 1 is 0.800 bits per heavy atom. The minimum Gasteiger partial charge on any atom is 3.00 e. The van der Waals surface area contributed by atoms with Crippen LogP contribution in [0.4, 0.5) is 0 Å². The molecule has 0 aromatic carbocycles. The summed E-state index contributed by atoms with van der Waals surface area (Å²) in [5, 5.41) is 0. The Morgan fingerprint density at radius 3 is 0.800 bits per heavy atom. The van der Waals surface area contributed by atoms with Crippen molar-refractivity contribution in [3.8, 4) is 0 Å². The summed E-state index contributed by atoms with van der Waals surface area (Å²) in [6, 6.07) is 0. The molecule has 0 amide bonds. The van der Waals surface area contributed by atoms with Gasteiger partial charge >= 0.3 is 42.7 Å². The van der Waals surface area contributed by atoms with E-state index in [9.17, 15) is 0 Å². The number of hydrogen-bond acceptors (Lipinski definition) is 0. The van der Waals surface area contributed by atoms with E-state index in [0.717, 1.165) is 0 Å². The molecule has 3 heteroatoms. The molecular formula is C2IrO2+3. The number of hydrogen-bond donors (Lipinski definition) is 0. The van der Waals surface area contributed by atoms with Gasteiger partial charge in [-0.25, -0.2) is 0 Å². The van der Waals surface area contributed by atoms with Gasteiger partial charge in [0.25, 0.3) is 0 Å². The SMILES string of the molecule is [C-]#[O+].[C-]#[O+].[Ir+3]. The largest absolute Gasteiger partial charge is 3.00 e. The van der Waals surface area contributed by atoms with Gasteiger partial charge in [-0.15, -0.1) is 0 Å². The van der Waals surface area contributed by atoms with Crippen LogP contribution in [0.2, 0.25) is 0 Å². The molecule has 0 unspecified atom stereocenters. The van der Waals surface area contributed by atoms with Gasteiger partial charge in [-0.2, -0.15) is 0 Å². The second kappa shape index (κ2) is 2420. The first-order valence-corrected chi connectivity index (χ1v) is 0.408. The molecule has 0 atom stereocenters. The van der Waals surface area contributed by atoms with Gasteiger partial charge in [-0.1, -0.05) is 0 Å². The molecule has 26 valence electrons. The Labute approximate surface area is 43.3 Å². The van der Waals surface area contributed by atoms with Gasteiger partial charge in [-0.3, -0.25) is 0 Å². The van der Waals surface area contributed by atoms with Crippen LogP contribution in [0.1, 0.15) is 0 Å². The zero-order valence-electron chi connectivity index (χ0n) is 2.15. The van der Waals surface area contributed by atoms with Crippen LogP contribution in [0.15, 0.2) is 0 Å². The summed E-state index contributed by atoms with van der Waals surface area (Å²) < 4.78 is 15.0. The average Bonchev–Trinajstić information content (AvgIpc) is 1.50. The molecule has 0 heterocycles. The minimum absolute atomic E-state index is 0. The van der Waals surface area contributed by atoms with Crippen LogP contribution >= 0.6 is 0 Å². The molecule has 0 saturated heterocycles. The fourth-order valence-corrected chi connectivity index (χ4v) is 0. The van der Waals surface area contributed by atoms with E-state index in [2.05, 4.69) is 13.3 Å². The Morgan fingerprint density at radius 2 is 0.800 bits per heavy atom. The van der Waals surface area contributed by atoms with Crippen molar-refractivity contribution in [1.82, 2.24) is 0 Å². The van der Waals surface area contributed by atoms with E-state index in [4.69, 9.17) is 9.30 Å². The Bertz CT molecular complexity index is 23.1. The van der Waals surface area contributed by atoms with E-state index in [1.807, 2.05) is 0 Å². The number of rotatable bonds is 0. The van der Waals surface area contributed by atoms with Crippen molar-refractivity contribution in [1.29, 1.82) is 0 Å². The standard InChI is InChI=1S/2CO.Ir/c2*1-2;/q;;+3. The zero-order chi connectivity index (χ0) is 4.00. The van der Waals surface area contributed by atoms with Crippen LogP contribution in [-0.4, -0.2) is 0 Å². The van der Waals surface area contributed by atoms with Crippen LogP contribution in [-0.2, 0) is 29.4 Å². The van der Waals surface area contributed by atoms with Gasteiger partial charge in [0.15, 0.2) is 0 Å². The van der Waals surface area contributed by atoms with E-state index in [1.165, 1.54) is 0 Å². The summed E-state index contributed by atoms with van der Waals surface area (Å²) >= 11 is 0. The first-order valence-electron chi connectivity index (χ1n) is 0.408. The Hall–Kier alpha value is 0.129. The van der Waals surface area contributed by atoms with Crippen molar-refractivity contribution in [2.45, 2.75) is 0 Å². The van der Waals surface area contributed by atoms with Crippen LogP contribution in [0, 0.1) is 13.3 Å². The molecule has 0 N–H and O–H groups in total. The smallest absolute Gasteiger partial charge is 3.00 e. The summed E-state index contributed by atoms with van der Waals surface area (Å²) in [4.78, 5) is 0. The second-order valence-corrected chi connectivity index (χ2v) is 0. The van der Waals surface area contributed by atoms with Crippen LogP contribution in [0.25, 0.3) is 0 Å². The van der Waals surface area contributed by atoms with E-state index in [0.29, 0.717) is 0 Å². The van der Waals surface area contributed by atoms with E-state index in [-0.39, 0.29) is 20.1 Å². The maximum atomic E-state index is 7.50. The third-order valence-corrected chi connectivity index (χ3v) is 0. The zero-order valence-corrected chi connectivity index (χ0v) is 4.54. The molecule has 0 aliphatic carbocycles. The summed E-state index contributed by atoms with van der Waals surface area (Å²) in [7, 11) is 0. The maximum absolute atomic E-state index is 7.50. The third-order valence-electron chi connectivity index (χ3n) is 0. The molecule has 2 nitrogen and oxygen atoms in total. The summed E-state index contributed by atoms with van der Waals surface area (Å²) in [5.41, 5.74) is 0. The van der Waals surface area contributed by atoms with Crippen molar-refractivity contribution in [3.63, 3.8) is 0 Å². The van der Waals surface area contributed by atoms with Gasteiger partial charge in [0, 0.05) is 0 Å². The molecule has 0 radical (unpaired) electrons. The van der Waals surface area contributed by atoms with Gasteiger partial charge in [0.1, 0.15) is 0 Å². The molecule has 0 rings (SSSR count). The van der Waals surface area contributed by atoms with E-state index < -0.39 is 0 Å². The predicted octanol–water partition coefficient (Wildman–Crippen LogP) is -0.0775. The second-order valence-electron chi connectivity index (χ2n) is 0. The first kappa shape index (κ1) is 19.3. The predicted molar refractivity (Wildman–Crippen MR) is 7.86 cm³/mol. The summed E-state index contributed by atoms with van der Waals surface area (Å²) in [5.74, 6) is 0. The molecular weight excluding hydrogens is 248 g/mol. The van der Waals surface area contributed by atoms with Crippen LogP contribution in [0.3, 0.4) is 0 Å². The van der Waals surface area contributed by atoms with Crippen LogP contribution in [0.5, 0.6) is 0 Å².